The molecule has 0 aliphatic rings. The van der Waals surface area contributed by atoms with Gasteiger partial charge in [0.2, 0.25) is 11.8 Å². The molecule has 0 aliphatic heterocycles. The number of halogens is 1. The number of nitrogens with one attached hydrogen (secondary N) is 1. The zero-order chi connectivity index (χ0) is 15.1. The van der Waals surface area contributed by atoms with Crippen LogP contribution in [-0.2, 0) is 20.8 Å². The molecular weight excluding hydrogens is 267 g/mol. The minimum absolute atomic E-state index is 0.0688. The second-order valence-electron chi connectivity index (χ2n) is 4.27. The Bertz CT molecular complexity index is 502. The molecule has 0 heterocycles. The number of benzene rings is 1. The van der Waals surface area contributed by atoms with Crippen LogP contribution in [0.4, 0.5) is 4.39 Å². The number of aliphatic carboxylic acids is 1. The van der Waals surface area contributed by atoms with Crippen LogP contribution in [-0.4, -0.2) is 28.9 Å². The second-order valence-corrected chi connectivity index (χ2v) is 4.27. The summed E-state index contributed by atoms with van der Waals surface area (Å²) < 4.78 is 12.7. The minimum Gasteiger partial charge on any atom is -0.480 e. The Kier molecular flexibility index (Phi) is 5.64. The number of amides is 2. The van der Waals surface area contributed by atoms with E-state index >= 15 is 0 Å². The van der Waals surface area contributed by atoms with Gasteiger partial charge in [0.1, 0.15) is 11.9 Å². The summed E-state index contributed by atoms with van der Waals surface area (Å²) in [5, 5.41) is 11.2. The fraction of sp³-hybridized carbons (Fsp3) is 0.308. The van der Waals surface area contributed by atoms with Crippen LogP contribution in [0.25, 0.3) is 0 Å². The molecule has 0 spiro atoms. The largest absolute Gasteiger partial charge is 0.480 e. The van der Waals surface area contributed by atoms with Gasteiger partial charge in [0, 0.05) is 6.42 Å². The van der Waals surface area contributed by atoms with Crippen LogP contribution in [0.15, 0.2) is 24.3 Å². The third kappa shape index (κ3) is 5.47. The van der Waals surface area contributed by atoms with E-state index in [4.69, 9.17) is 10.8 Å². The maximum absolute atomic E-state index is 12.7. The van der Waals surface area contributed by atoms with Crippen molar-refractivity contribution in [2.75, 3.05) is 0 Å². The van der Waals surface area contributed by atoms with Gasteiger partial charge in [-0.1, -0.05) is 12.1 Å². The summed E-state index contributed by atoms with van der Waals surface area (Å²) in [6.07, 6.45) is -0.270. The van der Waals surface area contributed by atoms with Gasteiger partial charge in [-0.2, -0.15) is 0 Å². The fourth-order valence-corrected chi connectivity index (χ4v) is 1.58. The Morgan fingerprint density at radius 1 is 1.25 bits per heavy atom. The highest BCUT2D eigenvalue weighted by atomic mass is 19.1. The van der Waals surface area contributed by atoms with Gasteiger partial charge in [0.25, 0.3) is 0 Å². The lowest BCUT2D eigenvalue weighted by Gasteiger charge is -2.13. The van der Waals surface area contributed by atoms with Crippen molar-refractivity contribution in [3.8, 4) is 0 Å². The molecule has 0 saturated heterocycles. The van der Waals surface area contributed by atoms with E-state index in [1.54, 1.807) is 0 Å². The number of rotatable bonds is 7. The topological polar surface area (TPSA) is 109 Å². The van der Waals surface area contributed by atoms with Crippen LogP contribution in [0.5, 0.6) is 0 Å². The Morgan fingerprint density at radius 2 is 1.85 bits per heavy atom. The molecule has 0 aliphatic carbocycles. The van der Waals surface area contributed by atoms with Crippen LogP contribution >= 0.6 is 0 Å². The molecule has 0 unspecified atom stereocenters. The minimum atomic E-state index is -1.24. The first-order valence-corrected chi connectivity index (χ1v) is 5.93. The number of carbonyl (C=O) groups is 3. The first-order chi connectivity index (χ1) is 9.38. The lowest BCUT2D eigenvalue weighted by Crippen LogP contribution is -2.42. The fourth-order valence-electron chi connectivity index (χ4n) is 1.58. The molecule has 0 bridgehead atoms. The second kappa shape index (κ2) is 7.22. The highest BCUT2D eigenvalue weighted by Crippen LogP contribution is 2.04. The lowest BCUT2D eigenvalue weighted by molar-refractivity contribution is -0.142. The van der Waals surface area contributed by atoms with E-state index in [1.807, 2.05) is 0 Å². The molecule has 0 radical (unpaired) electrons. The van der Waals surface area contributed by atoms with Crippen molar-refractivity contribution in [2.24, 2.45) is 5.73 Å². The standard InChI is InChI=1S/C13H15FN2O4/c14-9-3-1-8(2-4-9)7-12(18)16-10(13(19)20)5-6-11(15)17/h1-4,10H,5-7H2,(H2,15,17)(H,16,18)(H,19,20)/t10-/m0/s1. The van der Waals surface area contributed by atoms with Crippen molar-refractivity contribution in [1.29, 1.82) is 0 Å². The first-order valence-electron chi connectivity index (χ1n) is 5.93. The van der Waals surface area contributed by atoms with Crippen LogP contribution in [0, 0.1) is 5.82 Å². The van der Waals surface area contributed by atoms with E-state index in [0.717, 1.165) is 0 Å². The number of nitrogens with two attached hydrogens (primary N) is 1. The number of carbonyl (C=O) groups excluding carboxylic acids is 2. The predicted octanol–water partition coefficient (Wildman–Crippen LogP) is 0.203. The Hall–Kier alpha value is -2.44. The van der Waals surface area contributed by atoms with Gasteiger partial charge in [0.15, 0.2) is 0 Å². The average Bonchev–Trinajstić information content (AvgIpc) is 2.36. The van der Waals surface area contributed by atoms with E-state index in [1.165, 1.54) is 24.3 Å². The summed E-state index contributed by atoms with van der Waals surface area (Å²) in [4.78, 5) is 33.2. The quantitative estimate of drug-likeness (QED) is 0.663. The van der Waals surface area contributed by atoms with Gasteiger partial charge in [-0.15, -0.1) is 0 Å². The number of hydrogen-bond donors (Lipinski definition) is 3. The van der Waals surface area contributed by atoms with E-state index in [9.17, 15) is 18.8 Å². The van der Waals surface area contributed by atoms with Gasteiger partial charge in [-0.05, 0) is 24.1 Å². The van der Waals surface area contributed by atoms with E-state index in [0.29, 0.717) is 5.56 Å². The molecule has 7 heteroatoms. The highest BCUT2D eigenvalue weighted by molar-refractivity contribution is 5.85. The highest BCUT2D eigenvalue weighted by Gasteiger charge is 2.20. The zero-order valence-electron chi connectivity index (χ0n) is 10.6. The van der Waals surface area contributed by atoms with Gasteiger partial charge in [0.05, 0.1) is 6.42 Å². The third-order valence-electron chi connectivity index (χ3n) is 2.59. The van der Waals surface area contributed by atoms with Crippen molar-refractivity contribution >= 4 is 17.8 Å². The average molecular weight is 282 g/mol. The van der Waals surface area contributed by atoms with Crippen molar-refractivity contribution in [3.05, 3.63) is 35.6 Å². The molecule has 0 saturated carbocycles. The summed E-state index contributed by atoms with van der Waals surface area (Å²) >= 11 is 0. The van der Waals surface area contributed by atoms with Gasteiger partial charge >= 0.3 is 5.97 Å². The van der Waals surface area contributed by atoms with Gasteiger partial charge in [-0.3, -0.25) is 9.59 Å². The van der Waals surface area contributed by atoms with E-state index < -0.39 is 29.6 Å². The number of hydrogen-bond acceptors (Lipinski definition) is 3. The molecule has 20 heavy (non-hydrogen) atoms. The number of primary amides is 1. The van der Waals surface area contributed by atoms with Crippen LogP contribution in [0.2, 0.25) is 0 Å². The molecule has 6 nitrogen and oxygen atoms in total. The Morgan fingerprint density at radius 3 is 2.35 bits per heavy atom. The monoisotopic (exact) mass is 282 g/mol. The molecule has 1 aromatic carbocycles. The zero-order valence-corrected chi connectivity index (χ0v) is 10.6. The molecule has 1 rings (SSSR count). The molecule has 0 fully saturated rings. The molecular formula is C13H15FN2O4. The normalized spacial score (nSPS) is 11.7. The van der Waals surface area contributed by atoms with Crippen molar-refractivity contribution in [1.82, 2.24) is 5.32 Å². The number of carboxylic acid groups (broad SMARTS) is 1. The molecule has 4 N–H and O–H groups in total. The van der Waals surface area contributed by atoms with E-state index in [2.05, 4.69) is 5.32 Å². The summed E-state index contributed by atoms with van der Waals surface area (Å²) in [5.74, 6) is -2.81. The summed E-state index contributed by atoms with van der Waals surface area (Å²) in [5.41, 5.74) is 5.49. The summed E-state index contributed by atoms with van der Waals surface area (Å²) in [6.45, 7) is 0. The van der Waals surface area contributed by atoms with Crippen molar-refractivity contribution in [3.63, 3.8) is 0 Å². The molecule has 0 aromatic heterocycles. The molecule has 1 aromatic rings. The SMILES string of the molecule is NC(=O)CC[C@H](NC(=O)Cc1ccc(F)cc1)C(=O)O. The Labute approximate surface area is 114 Å². The molecule has 1 atom stereocenters. The van der Waals surface area contributed by atoms with Crippen molar-refractivity contribution in [2.45, 2.75) is 25.3 Å². The maximum Gasteiger partial charge on any atom is 0.326 e. The first kappa shape index (κ1) is 15.6. The third-order valence-corrected chi connectivity index (χ3v) is 2.59. The van der Waals surface area contributed by atoms with Crippen LogP contribution in [0.1, 0.15) is 18.4 Å². The van der Waals surface area contributed by atoms with Crippen LogP contribution in [0.3, 0.4) is 0 Å². The number of carboxylic acids is 1. The lowest BCUT2D eigenvalue weighted by atomic mass is 10.1. The maximum atomic E-state index is 12.7. The molecule has 108 valence electrons. The Balaban J connectivity index is 2.55. The summed E-state index contributed by atoms with van der Waals surface area (Å²) in [7, 11) is 0. The van der Waals surface area contributed by atoms with Gasteiger partial charge in [-0.25, -0.2) is 9.18 Å². The van der Waals surface area contributed by atoms with Crippen LogP contribution < -0.4 is 11.1 Å². The summed E-state index contributed by atoms with van der Waals surface area (Å²) in [6, 6.07) is 4.13. The molecule has 2 amide bonds. The van der Waals surface area contributed by atoms with Gasteiger partial charge < -0.3 is 16.2 Å². The van der Waals surface area contributed by atoms with Crippen molar-refractivity contribution < 1.29 is 23.9 Å². The van der Waals surface area contributed by atoms with E-state index in [-0.39, 0.29) is 19.3 Å². The predicted molar refractivity (Wildman–Crippen MR) is 68.1 cm³/mol. The smallest absolute Gasteiger partial charge is 0.326 e.